The zero-order chi connectivity index (χ0) is 22.8. The molecule has 3 aromatic rings. The van der Waals surface area contributed by atoms with Gasteiger partial charge in [-0.2, -0.15) is 0 Å². The van der Waals surface area contributed by atoms with E-state index in [1.165, 1.54) is 4.90 Å². The van der Waals surface area contributed by atoms with Gasteiger partial charge in [0.1, 0.15) is 11.6 Å². The van der Waals surface area contributed by atoms with Crippen molar-refractivity contribution in [2.75, 3.05) is 31.1 Å². The van der Waals surface area contributed by atoms with Crippen molar-refractivity contribution in [3.8, 4) is 11.1 Å². The van der Waals surface area contributed by atoms with Crippen molar-refractivity contribution in [2.45, 2.75) is 0 Å². The number of nitrogens with zero attached hydrogens (tertiary/aromatic N) is 2. The minimum Gasteiger partial charge on any atom is -0.478 e. The number of hydrogen-bond acceptors (Lipinski definition) is 3. The highest BCUT2D eigenvalue weighted by Gasteiger charge is 2.27. The molecule has 1 fully saturated rings. The molecule has 1 aliphatic rings. The number of anilines is 1. The highest BCUT2D eigenvalue weighted by molar-refractivity contribution is 6.30. The molecule has 1 amide bonds. The first-order valence-corrected chi connectivity index (χ1v) is 10.3. The fourth-order valence-corrected chi connectivity index (χ4v) is 3.95. The number of carbonyl (C=O) groups is 2. The number of carboxylic acid groups (broad SMARTS) is 1. The molecule has 0 unspecified atom stereocenters. The minimum absolute atomic E-state index is 0.164. The van der Waals surface area contributed by atoms with Crippen LogP contribution in [0.25, 0.3) is 11.1 Å². The number of carbonyl (C=O) groups excluding carboxylic acids is 1. The molecule has 0 saturated carbocycles. The average Bonchev–Trinajstić information content (AvgIpc) is 2.81. The lowest BCUT2D eigenvalue weighted by molar-refractivity contribution is 0.0695. The lowest BCUT2D eigenvalue weighted by Crippen LogP contribution is -2.49. The summed E-state index contributed by atoms with van der Waals surface area (Å²) in [6.07, 6.45) is 0. The summed E-state index contributed by atoms with van der Waals surface area (Å²) in [6.45, 7) is 1.36. The SMILES string of the molecule is O=C(O)c1ccc(-c2ccccc2)c(N2CCN(C(=O)c3cc(F)c(Cl)cc3F)CC2)c1. The van der Waals surface area contributed by atoms with Gasteiger partial charge in [-0.15, -0.1) is 0 Å². The minimum atomic E-state index is -1.03. The van der Waals surface area contributed by atoms with Crippen molar-refractivity contribution in [3.63, 3.8) is 0 Å². The Morgan fingerprint density at radius 2 is 1.56 bits per heavy atom. The highest BCUT2D eigenvalue weighted by atomic mass is 35.5. The Kier molecular flexibility index (Phi) is 6.10. The maximum atomic E-state index is 14.2. The topological polar surface area (TPSA) is 60.9 Å². The molecule has 1 aliphatic heterocycles. The van der Waals surface area contributed by atoms with Crippen LogP contribution in [0.4, 0.5) is 14.5 Å². The van der Waals surface area contributed by atoms with Gasteiger partial charge in [-0.05, 0) is 29.8 Å². The molecule has 0 spiro atoms. The Morgan fingerprint density at radius 1 is 0.875 bits per heavy atom. The van der Waals surface area contributed by atoms with Gasteiger partial charge in [0, 0.05) is 37.4 Å². The molecular weight excluding hydrogens is 438 g/mol. The molecule has 8 heteroatoms. The Balaban J connectivity index is 1.58. The van der Waals surface area contributed by atoms with Gasteiger partial charge in [0.25, 0.3) is 5.91 Å². The van der Waals surface area contributed by atoms with Gasteiger partial charge >= 0.3 is 5.97 Å². The predicted octanol–water partition coefficient (Wildman–Crippen LogP) is 4.95. The van der Waals surface area contributed by atoms with Crippen LogP contribution in [0.3, 0.4) is 0 Å². The molecule has 0 aliphatic carbocycles. The molecule has 5 nitrogen and oxygen atoms in total. The standard InChI is InChI=1S/C24H19ClF2N2O3/c25-19-14-20(26)18(13-21(19)27)23(30)29-10-8-28(9-11-29)22-12-16(24(31)32)6-7-17(22)15-4-2-1-3-5-15/h1-7,12-14H,8-11H2,(H,31,32). The van der Waals surface area contributed by atoms with E-state index < -0.39 is 23.5 Å². The first kappa shape index (κ1) is 21.8. The molecule has 0 radical (unpaired) electrons. The second-order valence-corrected chi connectivity index (χ2v) is 7.84. The Morgan fingerprint density at radius 3 is 2.22 bits per heavy atom. The summed E-state index contributed by atoms with van der Waals surface area (Å²) >= 11 is 5.58. The number of benzene rings is 3. The maximum absolute atomic E-state index is 14.2. The molecule has 32 heavy (non-hydrogen) atoms. The van der Waals surface area contributed by atoms with Gasteiger partial charge in [0.05, 0.1) is 16.1 Å². The third-order valence-corrected chi connectivity index (χ3v) is 5.77. The molecule has 0 bridgehead atoms. The fourth-order valence-electron chi connectivity index (χ4n) is 3.80. The number of piperazine rings is 1. The van der Waals surface area contributed by atoms with Crippen molar-refractivity contribution in [1.29, 1.82) is 0 Å². The van der Waals surface area contributed by atoms with Gasteiger partial charge in [0.2, 0.25) is 0 Å². The van der Waals surface area contributed by atoms with E-state index in [-0.39, 0.29) is 29.2 Å². The van der Waals surface area contributed by atoms with Crippen molar-refractivity contribution in [1.82, 2.24) is 4.90 Å². The van der Waals surface area contributed by atoms with Crippen LogP contribution in [-0.2, 0) is 0 Å². The molecule has 1 N–H and O–H groups in total. The smallest absolute Gasteiger partial charge is 0.335 e. The monoisotopic (exact) mass is 456 g/mol. The fraction of sp³-hybridized carbons (Fsp3) is 0.167. The van der Waals surface area contributed by atoms with E-state index in [4.69, 9.17) is 11.6 Å². The number of halogens is 3. The molecule has 1 heterocycles. The number of carboxylic acids is 1. The van der Waals surface area contributed by atoms with Crippen LogP contribution in [0, 0.1) is 11.6 Å². The number of rotatable bonds is 4. The third kappa shape index (κ3) is 4.29. The molecule has 1 saturated heterocycles. The van der Waals surface area contributed by atoms with Crippen LogP contribution < -0.4 is 4.90 Å². The molecule has 4 rings (SSSR count). The van der Waals surface area contributed by atoms with Crippen LogP contribution in [0.1, 0.15) is 20.7 Å². The average molecular weight is 457 g/mol. The zero-order valence-corrected chi connectivity index (χ0v) is 17.6. The second-order valence-electron chi connectivity index (χ2n) is 7.43. The van der Waals surface area contributed by atoms with Crippen molar-refractivity contribution >= 4 is 29.2 Å². The number of amides is 1. The Labute approximate surface area is 188 Å². The van der Waals surface area contributed by atoms with Crippen LogP contribution in [0.15, 0.2) is 60.7 Å². The van der Waals surface area contributed by atoms with Crippen molar-refractivity contribution in [3.05, 3.63) is 88.4 Å². The maximum Gasteiger partial charge on any atom is 0.335 e. The van der Waals surface area contributed by atoms with Crippen molar-refractivity contribution in [2.24, 2.45) is 0 Å². The number of hydrogen-bond donors (Lipinski definition) is 1. The number of aromatic carboxylic acids is 1. The molecule has 164 valence electrons. The highest BCUT2D eigenvalue weighted by Crippen LogP contribution is 2.33. The van der Waals surface area contributed by atoms with E-state index in [0.717, 1.165) is 28.9 Å². The lowest BCUT2D eigenvalue weighted by Gasteiger charge is -2.37. The summed E-state index contributed by atoms with van der Waals surface area (Å²) in [7, 11) is 0. The van der Waals surface area contributed by atoms with Crippen LogP contribution in [0.5, 0.6) is 0 Å². The summed E-state index contributed by atoms with van der Waals surface area (Å²) < 4.78 is 27.9. The van der Waals surface area contributed by atoms with Gasteiger partial charge in [-0.25, -0.2) is 13.6 Å². The molecule has 3 aromatic carbocycles. The van der Waals surface area contributed by atoms with Gasteiger partial charge in [-0.3, -0.25) is 4.79 Å². The predicted molar refractivity (Wildman–Crippen MR) is 118 cm³/mol. The Hall–Kier alpha value is -3.45. The normalized spacial score (nSPS) is 13.8. The third-order valence-electron chi connectivity index (χ3n) is 5.48. The van der Waals surface area contributed by atoms with Gasteiger partial charge in [0.15, 0.2) is 0 Å². The van der Waals surface area contributed by atoms with E-state index in [1.54, 1.807) is 18.2 Å². The van der Waals surface area contributed by atoms with Gasteiger partial charge in [-0.1, -0.05) is 48.0 Å². The van der Waals surface area contributed by atoms with E-state index >= 15 is 0 Å². The zero-order valence-electron chi connectivity index (χ0n) is 16.9. The van der Waals surface area contributed by atoms with E-state index in [2.05, 4.69) is 0 Å². The summed E-state index contributed by atoms with van der Waals surface area (Å²) in [5.41, 5.74) is 2.36. The van der Waals surface area contributed by atoms with Crippen molar-refractivity contribution < 1.29 is 23.5 Å². The van der Waals surface area contributed by atoms with E-state index in [0.29, 0.717) is 13.1 Å². The summed E-state index contributed by atoms with van der Waals surface area (Å²) in [5.74, 6) is -3.36. The molecule has 0 atom stereocenters. The van der Waals surface area contributed by atoms with E-state index in [1.807, 2.05) is 35.2 Å². The van der Waals surface area contributed by atoms with E-state index in [9.17, 15) is 23.5 Å². The molecule has 0 aromatic heterocycles. The second kappa shape index (κ2) is 8.96. The summed E-state index contributed by atoms with van der Waals surface area (Å²) in [6, 6.07) is 16.2. The summed E-state index contributed by atoms with van der Waals surface area (Å²) in [4.78, 5) is 27.7. The van der Waals surface area contributed by atoms with Crippen LogP contribution >= 0.6 is 11.6 Å². The first-order chi connectivity index (χ1) is 15.3. The Bertz CT molecular complexity index is 1180. The first-order valence-electron chi connectivity index (χ1n) is 9.96. The summed E-state index contributed by atoms with van der Waals surface area (Å²) in [5, 5.41) is 9.05. The van der Waals surface area contributed by atoms with Crippen LogP contribution in [-0.4, -0.2) is 48.1 Å². The molecular formula is C24H19ClF2N2O3. The van der Waals surface area contributed by atoms with Crippen LogP contribution in [0.2, 0.25) is 5.02 Å². The quantitative estimate of drug-likeness (QED) is 0.564. The van der Waals surface area contributed by atoms with Gasteiger partial charge < -0.3 is 14.9 Å². The largest absolute Gasteiger partial charge is 0.478 e. The lowest BCUT2D eigenvalue weighted by atomic mass is 10.00.